The summed E-state index contributed by atoms with van der Waals surface area (Å²) >= 11 is 2.12. The highest BCUT2D eigenvalue weighted by atomic mass is 32.2. The molecular weight excluding hydrogens is 178 g/mol. The van der Waals surface area contributed by atoms with E-state index in [-0.39, 0.29) is 0 Å². The van der Waals surface area contributed by atoms with Crippen LogP contribution in [0.2, 0.25) is 0 Å². The number of nitrogens with two attached hydrogens (primary N) is 1. The molecule has 0 amide bonds. The van der Waals surface area contributed by atoms with Crippen molar-refractivity contribution in [2.45, 2.75) is 44.6 Å². The zero-order valence-corrected chi connectivity index (χ0v) is 9.19. The fourth-order valence-electron chi connectivity index (χ4n) is 2.92. The van der Waals surface area contributed by atoms with E-state index in [1.807, 2.05) is 0 Å². The zero-order chi connectivity index (χ0) is 9.10. The summed E-state index contributed by atoms with van der Waals surface area (Å²) < 4.78 is 0. The lowest BCUT2D eigenvalue weighted by atomic mass is 9.74. The summed E-state index contributed by atoms with van der Waals surface area (Å²) in [6, 6.07) is 0.529. The molecule has 0 bridgehead atoms. The van der Waals surface area contributed by atoms with Gasteiger partial charge in [0.1, 0.15) is 0 Å². The highest BCUT2D eigenvalue weighted by molar-refractivity contribution is 7.99. The van der Waals surface area contributed by atoms with Gasteiger partial charge in [-0.05, 0) is 49.0 Å². The van der Waals surface area contributed by atoms with Crippen molar-refractivity contribution in [1.29, 1.82) is 0 Å². The third kappa shape index (κ3) is 2.41. The zero-order valence-electron chi connectivity index (χ0n) is 8.37. The first-order chi connectivity index (χ1) is 6.38. The Hall–Kier alpha value is 0.310. The van der Waals surface area contributed by atoms with Crippen molar-refractivity contribution in [3.63, 3.8) is 0 Å². The van der Waals surface area contributed by atoms with E-state index in [4.69, 9.17) is 5.73 Å². The Morgan fingerprint density at radius 2 is 1.62 bits per heavy atom. The molecule has 0 radical (unpaired) electrons. The van der Waals surface area contributed by atoms with Gasteiger partial charge < -0.3 is 5.73 Å². The van der Waals surface area contributed by atoms with E-state index in [1.54, 1.807) is 0 Å². The molecule has 1 aliphatic carbocycles. The van der Waals surface area contributed by atoms with Crippen LogP contribution in [0.3, 0.4) is 0 Å². The predicted octanol–water partition coefficient (Wildman–Crippen LogP) is 2.65. The molecule has 76 valence electrons. The highest BCUT2D eigenvalue weighted by Gasteiger charge is 2.30. The minimum atomic E-state index is 0.529. The molecule has 2 unspecified atom stereocenters. The van der Waals surface area contributed by atoms with Gasteiger partial charge in [0, 0.05) is 6.04 Å². The fraction of sp³-hybridized carbons (Fsp3) is 1.00. The van der Waals surface area contributed by atoms with Crippen LogP contribution in [0.15, 0.2) is 0 Å². The third-order valence-electron chi connectivity index (χ3n) is 3.75. The Morgan fingerprint density at radius 1 is 0.923 bits per heavy atom. The van der Waals surface area contributed by atoms with E-state index >= 15 is 0 Å². The van der Waals surface area contributed by atoms with E-state index in [2.05, 4.69) is 11.8 Å². The predicted molar refractivity (Wildman–Crippen MR) is 60.0 cm³/mol. The molecule has 0 spiro atoms. The Kier molecular flexibility index (Phi) is 3.56. The van der Waals surface area contributed by atoms with Crippen LogP contribution in [-0.4, -0.2) is 17.5 Å². The van der Waals surface area contributed by atoms with Gasteiger partial charge in [-0.2, -0.15) is 11.8 Å². The summed E-state index contributed by atoms with van der Waals surface area (Å²) in [7, 11) is 0. The van der Waals surface area contributed by atoms with Crippen LogP contribution in [0, 0.1) is 11.8 Å². The molecule has 13 heavy (non-hydrogen) atoms. The molecule has 1 saturated heterocycles. The molecule has 2 N–H and O–H groups in total. The highest BCUT2D eigenvalue weighted by Crippen LogP contribution is 2.36. The Bertz CT molecular complexity index is 154. The number of hydrogen-bond donors (Lipinski definition) is 1. The van der Waals surface area contributed by atoms with E-state index < -0.39 is 0 Å². The van der Waals surface area contributed by atoms with Crippen LogP contribution in [0.25, 0.3) is 0 Å². The SMILES string of the molecule is NC1CCCCC1C1CCSCC1. The Morgan fingerprint density at radius 3 is 2.31 bits per heavy atom. The lowest BCUT2D eigenvalue weighted by Gasteiger charge is -2.37. The first kappa shape index (κ1) is 9.85. The van der Waals surface area contributed by atoms with E-state index in [1.165, 1.54) is 50.0 Å². The van der Waals surface area contributed by atoms with Crippen molar-refractivity contribution in [3.05, 3.63) is 0 Å². The molecule has 2 rings (SSSR count). The Balaban J connectivity index is 1.88. The van der Waals surface area contributed by atoms with Gasteiger partial charge in [-0.25, -0.2) is 0 Å². The molecule has 1 saturated carbocycles. The smallest absolute Gasteiger partial charge is 0.00698 e. The van der Waals surface area contributed by atoms with E-state index in [9.17, 15) is 0 Å². The maximum Gasteiger partial charge on any atom is 0.00698 e. The van der Waals surface area contributed by atoms with Crippen molar-refractivity contribution in [2.24, 2.45) is 17.6 Å². The van der Waals surface area contributed by atoms with Crippen molar-refractivity contribution >= 4 is 11.8 Å². The van der Waals surface area contributed by atoms with Crippen LogP contribution >= 0.6 is 11.8 Å². The second-order valence-electron chi connectivity index (χ2n) is 4.56. The van der Waals surface area contributed by atoms with Gasteiger partial charge in [0.2, 0.25) is 0 Å². The molecule has 1 heterocycles. The molecule has 2 aliphatic rings. The summed E-state index contributed by atoms with van der Waals surface area (Å²) in [6.07, 6.45) is 8.37. The van der Waals surface area contributed by atoms with Crippen LogP contribution in [0.5, 0.6) is 0 Å². The molecule has 0 aromatic rings. The van der Waals surface area contributed by atoms with Gasteiger partial charge in [-0.1, -0.05) is 12.8 Å². The van der Waals surface area contributed by atoms with Gasteiger partial charge >= 0.3 is 0 Å². The largest absolute Gasteiger partial charge is 0.327 e. The summed E-state index contributed by atoms with van der Waals surface area (Å²) in [6.45, 7) is 0. The van der Waals surface area contributed by atoms with Gasteiger partial charge in [0.05, 0.1) is 0 Å². The maximum absolute atomic E-state index is 6.20. The average Bonchev–Trinajstić information content (AvgIpc) is 2.20. The summed E-state index contributed by atoms with van der Waals surface area (Å²) in [4.78, 5) is 0. The molecule has 2 fully saturated rings. The molecule has 1 nitrogen and oxygen atoms in total. The first-order valence-corrected chi connectivity index (χ1v) is 6.87. The minimum absolute atomic E-state index is 0.529. The van der Waals surface area contributed by atoms with Crippen LogP contribution in [-0.2, 0) is 0 Å². The van der Waals surface area contributed by atoms with E-state index in [0.29, 0.717) is 6.04 Å². The number of hydrogen-bond acceptors (Lipinski definition) is 2. The molecule has 2 atom stereocenters. The molecule has 1 aliphatic heterocycles. The van der Waals surface area contributed by atoms with Crippen molar-refractivity contribution in [1.82, 2.24) is 0 Å². The summed E-state index contributed by atoms with van der Waals surface area (Å²) in [5.41, 5.74) is 6.20. The van der Waals surface area contributed by atoms with Crippen LogP contribution in [0.1, 0.15) is 38.5 Å². The van der Waals surface area contributed by atoms with Crippen molar-refractivity contribution in [2.75, 3.05) is 11.5 Å². The van der Waals surface area contributed by atoms with Crippen molar-refractivity contribution in [3.8, 4) is 0 Å². The third-order valence-corrected chi connectivity index (χ3v) is 4.80. The molecule has 0 aromatic heterocycles. The summed E-state index contributed by atoms with van der Waals surface area (Å²) in [5.74, 6) is 4.60. The van der Waals surface area contributed by atoms with Crippen LogP contribution in [0.4, 0.5) is 0 Å². The van der Waals surface area contributed by atoms with Gasteiger partial charge in [-0.3, -0.25) is 0 Å². The monoisotopic (exact) mass is 199 g/mol. The average molecular weight is 199 g/mol. The minimum Gasteiger partial charge on any atom is -0.327 e. The van der Waals surface area contributed by atoms with Gasteiger partial charge in [-0.15, -0.1) is 0 Å². The standard InChI is InChI=1S/C11H21NS/c12-11-4-2-1-3-10(11)9-5-7-13-8-6-9/h9-11H,1-8,12H2. The number of rotatable bonds is 1. The molecule has 2 heteroatoms. The number of thioether (sulfide) groups is 1. The molecular formula is C11H21NS. The maximum atomic E-state index is 6.20. The van der Waals surface area contributed by atoms with E-state index in [0.717, 1.165) is 11.8 Å². The lowest BCUT2D eigenvalue weighted by molar-refractivity contribution is 0.204. The topological polar surface area (TPSA) is 26.0 Å². The lowest BCUT2D eigenvalue weighted by Crippen LogP contribution is -2.38. The normalized spacial score (nSPS) is 37.6. The van der Waals surface area contributed by atoms with Crippen molar-refractivity contribution < 1.29 is 0 Å². The molecule has 0 aromatic carbocycles. The second-order valence-corrected chi connectivity index (χ2v) is 5.79. The first-order valence-electron chi connectivity index (χ1n) is 5.71. The van der Waals surface area contributed by atoms with Gasteiger partial charge in [0.15, 0.2) is 0 Å². The van der Waals surface area contributed by atoms with Gasteiger partial charge in [0.25, 0.3) is 0 Å². The van der Waals surface area contributed by atoms with Crippen LogP contribution < -0.4 is 5.73 Å². The fourth-order valence-corrected chi connectivity index (χ4v) is 4.06. The quantitative estimate of drug-likeness (QED) is 0.702. The summed E-state index contributed by atoms with van der Waals surface area (Å²) in [5, 5.41) is 0. The Labute approximate surface area is 85.8 Å². The second kappa shape index (κ2) is 4.70.